The van der Waals surface area contributed by atoms with E-state index in [1.807, 2.05) is 12.1 Å². The van der Waals surface area contributed by atoms with Crippen LogP contribution in [0.5, 0.6) is 5.75 Å². The van der Waals surface area contributed by atoms with Crippen LogP contribution in [0.2, 0.25) is 0 Å². The maximum atomic E-state index is 11.7. The summed E-state index contributed by atoms with van der Waals surface area (Å²) in [5.41, 5.74) is 4.80. The van der Waals surface area contributed by atoms with Crippen molar-refractivity contribution in [3.8, 4) is 5.75 Å². The predicted molar refractivity (Wildman–Crippen MR) is 88.7 cm³/mol. The van der Waals surface area contributed by atoms with Crippen molar-refractivity contribution >= 4 is 5.78 Å². The Morgan fingerprint density at radius 1 is 0.909 bits per heavy atom. The van der Waals surface area contributed by atoms with Gasteiger partial charge in [-0.1, -0.05) is 37.3 Å². The summed E-state index contributed by atoms with van der Waals surface area (Å²) in [4.78, 5) is 11.7. The first-order valence-electron chi connectivity index (χ1n) is 8.13. The van der Waals surface area contributed by atoms with Crippen LogP contribution < -0.4 is 4.74 Å². The molecule has 0 atom stereocenters. The predicted octanol–water partition coefficient (Wildman–Crippen LogP) is 4.39. The summed E-state index contributed by atoms with van der Waals surface area (Å²) in [6.45, 7) is 2.38. The lowest BCUT2D eigenvalue weighted by molar-refractivity contribution is 0.0961. The summed E-state index contributed by atoms with van der Waals surface area (Å²) in [5.74, 6) is 0.845. The van der Waals surface area contributed by atoms with Gasteiger partial charge in [0.15, 0.2) is 6.61 Å². The van der Waals surface area contributed by atoms with Gasteiger partial charge in [-0.2, -0.15) is 0 Å². The van der Waals surface area contributed by atoms with Crippen LogP contribution in [0.1, 0.15) is 46.8 Å². The van der Waals surface area contributed by atoms with E-state index in [4.69, 9.17) is 4.74 Å². The zero-order valence-corrected chi connectivity index (χ0v) is 13.1. The Morgan fingerprint density at radius 3 is 2.27 bits per heavy atom. The Bertz CT molecular complexity index is 656. The van der Waals surface area contributed by atoms with Crippen LogP contribution >= 0.6 is 0 Å². The number of carbonyl (C=O) groups is 1. The Hall–Kier alpha value is -2.09. The summed E-state index contributed by atoms with van der Waals surface area (Å²) in [6.07, 6.45) is 5.56. The molecule has 0 amide bonds. The van der Waals surface area contributed by atoms with Gasteiger partial charge in [-0.3, -0.25) is 4.79 Å². The molecule has 2 aromatic rings. The number of ketones is 1. The number of ether oxygens (including phenoxy) is 1. The number of hydrogen-bond acceptors (Lipinski definition) is 2. The zero-order chi connectivity index (χ0) is 15.4. The molecule has 0 radical (unpaired) electrons. The van der Waals surface area contributed by atoms with Gasteiger partial charge in [-0.15, -0.1) is 0 Å². The minimum absolute atomic E-state index is 0.105. The van der Waals surface area contributed by atoms with Crippen LogP contribution in [0.25, 0.3) is 0 Å². The lowest BCUT2D eigenvalue weighted by Gasteiger charge is -2.05. The molecule has 0 fully saturated rings. The largest absolute Gasteiger partial charge is 0.485 e. The number of Topliss-reactive ketones (excluding diaryl/α,β-unsaturated/α-hetero) is 1. The molecule has 0 bridgehead atoms. The average molecular weight is 294 g/mol. The molecule has 2 heteroatoms. The second-order valence-corrected chi connectivity index (χ2v) is 5.92. The molecule has 2 aromatic carbocycles. The van der Waals surface area contributed by atoms with E-state index in [0.29, 0.717) is 0 Å². The number of benzene rings is 2. The fraction of sp³-hybridized carbons (Fsp3) is 0.350. The number of rotatable bonds is 6. The third-order valence-electron chi connectivity index (χ3n) is 4.32. The molecule has 1 aliphatic heterocycles. The highest BCUT2D eigenvalue weighted by molar-refractivity contribution is 6.02. The van der Waals surface area contributed by atoms with Crippen LogP contribution in [0.15, 0.2) is 42.5 Å². The highest BCUT2D eigenvalue weighted by atomic mass is 16.5. The average Bonchev–Trinajstić information content (AvgIpc) is 2.93. The summed E-state index contributed by atoms with van der Waals surface area (Å²) in [6, 6.07) is 14.9. The summed E-state index contributed by atoms with van der Waals surface area (Å²) in [5, 5.41) is 0. The highest BCUT2D eigenvalue weighted by Gasteiger charge is 2.20. The standard InChI is InChI=1S/C20H22O2/c1-2-15-7-9-16(10-8-15)5-3-4-6-17-11-12-20-18(13-17)19(21)14-22-20/h7-13H,2-6,14H2,1H3. The summed E-state index contributed by atoms with van der Waals surface area (Å²) >= 11 is 0. The monoisotopic (exact) mass is 294 g/mol. The van der Waals surface area contributed by atoms with Crippen LogP contribution in [0, 0.1) is 0 Å². The van der Waals surface area contributed by atoms with Crippen LogP contribution in [0.4, 0.5) is 0 Å². The van der Waals surface area contributed by atoms with E-state index in [9.17, 15) is 4.79 Å². The number of aryl methyl sites for hydroxylation is 3. The second kappa shape index (κ2) is 6.78. The van der Waals surface area contributed by atoms with Crippen molar-refractivity contribution in [1.82, 2.24) is 0 Å². The highest BCUT2D eigenvalue weighted by Crippen LogP contribution is 2.26. The van der Waals surface area contributed by atoms with E-state index in [1.54, 1.807) is 0 Å². The molecule has 1 heterocycles. The van der Waals surface area contributed by atoms with Gasteiger partial charge in [0.05, 0.1) is 5.56 Å². The van der Waals surface area contributed by atoms with Gasteiger partial charge in [0.25, 0.3) is 0 Å². The van der Waals surface area contributed by atoms with Crippen molar-refractivity contribution < 1.29 is 9.53 Å². The van der Waals surface area contributed by atoms with Gasteiger partial charge in [-0.25, -0.2) is 0 Å². The number of hydrogen-bond donors (Lipinski definition) is 0. The molecule has 0 saturated carbocycles. The first-order valence-corrected chi connectivity index (χ1v) is 8.13. The second-order valence-electron chi connectivity index (χ2n) is 5.92. The molecule has 2 nitrogen and oxygen atoms in total. The van der Waals surface area contributed by atoms with Crippen molar-refractivity contribution in [3.63, 3.8) is 0 Å². The first kappa shape index (κ1) is 14.8. The van der Waals surface area contributed by atoms with E-state index in [-0.39, 0.29) is 12.4 Å². The van der Waals surface area contributed by atoms with Crippen LogP contribution in [0.3, 0.4) is 0 Å². The quantitative estimate of drug-likeness (QED) is 0.739. The van der Waals surface area contributed by atoms with Crippen LogP contribution in [-0.2, 0) is 19.3 Å². The van der Waals surface area contributed by atoms with Gasteiger partial charge in [0.1, 0.15) is 5.75 Å². The molecule has 114 valence electrons. The molecule has 0 aromatic heterocycles. The molecule has 0 aliphatic carbocycles. The normalized spacial score (nSPS) is 13.0. The lowest BCUT2D eigenvalue weighted by atomic mass is 10.0. The summed E-state index contributed by atoms with van der Waals surface area (Å²) in [7, 11) is 0. The van der Waals surface area contributed by atoms with Crippen molar-refractivity contribution in [3.05, 3.63) is 64.7 Å². The summed E-state index contributed by atoms with van der Waals surface area (Å²) < 4.78 is 5.32. The smallest absolute Gasteiger partial charge is 0.203 e. The van der Waals surface area contributed by atoms with Gasteiger partial charge >= 0.3 is 0 Å². The molecule has 0 spiro atoms. The Labute approximate surface area is 132 Å². The molecular weight excluding hydrogens is 272 g/mol. The number of carbonyl (C=O) groups excluding carboxylic acids is 1. The molecule has 3 rings (SSSR count). The molecule has 22 heavy (non-hydrogen) atoms. The molecule has 0 unspecified atom stereocenters. The van der Waals surface area contributed by atoms with Gasteiger partial charge < -0.3 is 4.74 Å². The van der Waals surface area contributed by atoms with E-state index < -0.39 is 0 Å². The minimum Gasteiger partial charge on any atom is -0.485 e. The van der Waals surface area contributed by atoms with Crippen LogP contribution in [-0.4, -0.2) is 12.4 Å². The maximum Gasteiger partial charge on any atom is 0.203 e. The first-order chi connectivity index (χ1) is 10.8. The Balaban J connectivity index is 1.49. The topological polar surface area (TPSA) is 26.3 Å². The number of fused-ring (bicyclic) bond motifs is 1. The third kappa shape index (κ3) is 3.38. The molecular formula is C20H22O2. The van der Waals surface area contributed by atoms with E-state index in [1.165, 1.54) is 23.1 Å². The molecule has 0 saturated heterocycles. The van der Waals surface area contributed by atoms with Crippen molar-refractivity contribution in [2.45, 2.75) is 39.0 Å². The molecule has 1 aliphatic rings. The van der Waals surface area contributed by atoms with Crippen molar-refractivity contribution in [2.24, 2.45) is 0 Å². The SMILES string of the molecule is CCc1ccc(CCCCc2ccc3c(c2)C(=O)CO3)cc1. The van der Waals surface area contributed by atoms with E-state index >= 15 is 0 Å². The Kier molecular flexibility index (Phi) is 4.57. The molecule has 0 N–H and O–H groups in total. The van der Waals surface area contributed by atoms with Gasteiger partial charge in [-0.05, 0) is 60.9 Å². The van der Waals surface area contributed by atoms with E-state index in [0.717, 1.165) is 37.0 Å². The van der Waals surface area contributed by atoms with E-state index in [2.05, 4.69) is 37.3 Å². The zero-order valence-electron chi connectivity index (χ0n) is 13.1. The fourth-order valence-corrected chi connectivity index (χ4v) is 2.90. The van der Waals surface area contributed by atoms with Gasteiger partial charge in [0, 0.05) is 0 Å². The third-order valence-corrected chi connectivity index (χ3v) is 4.32. The maximum absolute atomic E-state index is 11.7. The number of unbranched alkanes of at least 4 members (excludes halogenated alkanes) is 1. The Morgan fingerprint density at radius 2 is 1.55 bits per heavy atom. The van der Waals surface area contributed by atoms with Gasteiger partial charge in [0.2, 0.25) is 5.78 Å². The minimum atomic E-state index is 0.105. The fourth-order valence-electron chi connectivity index (χ4n) is 2.90. The lowest BCUT2D eigenvalue weighted by Crippen LogP contribution is -1.99. The van der Waals surface area contributed by atoms with Crippen molar-refractivity contribution in [1.29, 1.82) is 0 Å². The van der Waals surface area contributed by atoms with Crippen molar-refractivity contribution in [2.75, 3.05) is 6.61 Å².